The van der Waals surface area contributed by atoms with E-state index in [0.29, 0.717) is 0 Å². The first-order valence-corrected chi connectivity index (χ1v) is 6.20. The Morgan fingerprint density at radius 2 is 1.53 bits per heavy atom. The van der Waals surface area contributed by atoms with Crippen molar-refractivity contribution in [2.75, 3.05) is 0 Å². The Kier molecular flexibility index (Phi) is 5.81. The SMILES string of the molecule is C[C@H](OC(C)(C)C)[C@@H](NC(=O)OC(C)(C)C)C(=O)[O-]. The van der Waals surface area contributed by atoms with Crippen molar-refractivity contribution in [2.24, 2.45) is 0 Å². The molecule has 19 heavy (non-hydrogen) atoms. The summed E-state index contributed by atoms with van der Waals surface area (Å²) in [5.74, 6) is -1.41. The number of alkyl carbamates (subject to hydrolysis) is 1. The maximum absolute atomic E-state index is 11.6. The summed E-state index contributed by atoms with van der Waals surface area (Å²) in [6.45, 7) is 12.0. The van der Waals surface area contributed by atoms with Crippen molar-refractivity contribution in [1.29, 1.82) is 0 Å². The lowest BCUT2D eigenvalue weighted by molar-refractivity contribution is -0.311. The summed E-state index contributed by atoms with van der Waals surface area (Å²) < 4.78 is 10.5. The molecule has 0 aliphatic heterocycles. The first kappa shape index (κ1) is 17.7. The lowest BCUT2D eigenvalue weighted by Gasteiger charge is -2.32. The quantitative estimate of drug-likeness (QED) is 0.820. The number of nitrogens with one attached hydrogen (secondary N) is 1. The van der Waals surface area contributed by atoms with Crippen molar-refractivity contribution < 1.29 is 24.2 Å². The Hall–Kier alpha value is -1.30. The summed E-state index contributed by atoms with van der Waals surface area (Å²) in [5, 5.41) is 13.3. The molecule has 0 saturated heterocycles. The molecule has 0 aromatic rings. The van der Waals surface area contributed by atoms with Crippen LogP contribution in [-0.2, 0) is 14.3 Å². The van der Waals surface area contributed by atoms with E-state index in [2.05, 4.69) is 5.32 Å². The van der Waals surface area contributed by atoms with Crippen LogP contribution in [0, 0.1) is 0 Å². The number of carbonyl (C=O) groups is 2. The average Bonchev–Trinajstić information content (AvgIpc) is 2.07. The number of ether oxygens (including phenoxy) is 2. The van der Waals surface area contributed by atoms with Gasteiger partial charge in [0.2, 0.25) is 0 Å². The Balaban J connectivity index is 4.67. The normalized spacial score (nSPS) is 15.5. The van der Waals surface area contributed by atoms with Gasteiger partial charge >= 0.3 is 6.09 Å². The van der Waals surface area contributed by atoms with E-state index in [1.165, 1.54) is 0 Å². The fourth-order valence-corrected chi connectivity index (χ4v) is 1.43. The van der Waals surface area contributed by atoms with E-state index in [1.54, 1.807) is 48.5 Å². The molecule has 0 aliphatic carbocycles. The Bertz CT molecular complexity index is 327. The highest BCUT2D eigenvalue weighted by atomic mass is 16.6. The average molecular weight is 274 g/mol. The highest BCUT2D eigenvalue weighted by Gasteiger charge is 2.27. The van der Waals surface area contributed by atoms with E-state index in [4.69, 9.17) is 9.47 Å². The fraction of sp³-hybridized carbons (Fsp3) is 0.846. The number of carboxylic acids is 1. The molecule has 0 unspecified atom stereocenters. The zero-order valence-electron chi connectivity index (χ0n) is 12.7. The summed E-state index contributed by atoms with van der Waals surface area (Å²) in [4.78, 5) is 22.6. The van der Waals surface area contributed by atoms with Crippen LogP contribution in [0.1, 0.15) is 48.5 Å². The molecule has 6 heteroatoms. The number of carboxylic acid groups (broad SMARTS) is 1. The lowest BCUT2D eigenvalue weighted by atomic mass is 10.1. The van der Waals surface area contributed by atoms with E-state index in [-0.39, 0.29) is 0 Å². The molecule has 0 heterocycles. The molecule has 1 amide bonds. The van der Waals surface area contributed by atoms with Crippen LogP contribution in [0.25, 0.3) is 0 Å². The third kappa shape index (κ3) is 8.42. The molecule has 0 rings (SSSR count). The molecule has 1 N–H and O–H groups in total. The smallest absolute Gasteiger partial charge is 0.408 e. The molecule has 0 aromatic heterocycles. The predicted molar refractivity (Wildman–Crippen MR) is 68.5 cm³/mol. The largest absolute Gasteiger partial charge is 0.548 e. The maximum Gasteiger partial charge on any atom is 0.408 e. The zero-order chi connectivity index (χ0) is 15.4. The van der Waals surface area contributed by atoms with Gasteiger partial charge in [0.1, 0.15) is 5.60 Å². The Morgan fingerprint density at radius 3 is 1.84 bits per heavy atom. The third-order valence-electron chi connectivity index (χ3n) is 1.94. The first-order valence-electron chi connectivity index (χ1n) is 6.20. The van der Waals surface area contributed by atoms with Crippen LogP contribution in [0.15, 0.2) is 0 Å². The summed E-state index contributed by atoms with van der Waals surface area (Å²) in [6.07, 6.45) is -1.55. The minimum absolute atomic E-state index is 0.525. The van der Waals surface area contributed by atoms with Crippen LogP contribution in [0.5, 0.6) is 0 Å². The number of hydrogen-bond acceptors (Lipinski definition) is 5. The van der Waals surface area contributed by atoms with E-state index >= 15 is 0 Å². The van der Waals surface area contributed by atoms with Crippen LogP contribution in [0.3, 0.4) is 0 Å². The van der Waals surface area contributed by atoms with Gasteiger partial charge in [-0.2, -0.15) is 0 Å². The second-order valence-electron chi connectivity index (χ2n) is 6.38. The van der Waals surface area contributed by atoms with Gasteiger partial charge < -0.3 is 24.7 Å². The standard InChI is InChI=1S/C13H25NO5/c1-8(18-12(2,3)4)9(10(15)16)14-11(17)19-13(5,6)7/h8-9H,1-7H3,(H,14,17)(H,15,16)/p-1/t8-,9+/m0/s1. The summed E-state index contributed by atoms with van der Waals surface area (Å²) in [7, 11) is 0. The molecular formula is C13H24NO5-. The zero-order valence-corrected chi connectivity index (χ0v) is 12.7. The molecule has 0 fully saturated rings. The third-order valence-corrected chi connectivity index (χ3v) is 1.94. The molecular weight excluding hydrogens is 250 g/mol. The summed E-state index contributed by atoms with van der Waals surface area (Å²) in [5.41, 5.74) is -1.22. The molecule has 0 bridgehead atoms. The second-order valence-corrected chi connectivity index (χ2v) is 6.38. The molecule has 112 valence electrons. The summed E-state index contributed by atoms with van der Waals surface area (Å²) >= 11 is 0. The Morgan fingerprint density at radius 1 is 1.05 bits per heavy atom. The van der Waals surface area contributed by atoms with Crippen molar-refractivity contribution >= 4 is 12.1 Å². The van der Waals surface area contributed by atoms with Crippen LogP contribution in [-0.4, -0.2) is 35.4 Å². The lowest BCUT2D eigenvalue weighted by Crippen LogP contribution is -2.56. The number of rotatable bonds is 4. The molecule has 0 aromatic carbocycles. The van der Waals surface area contributed by atoms with Gasteiger partial charge in [-0.3, -0.25) is 0 Å². The topological polar surface area (TPSA) is 87.7 Å². The van der Waals surface area contributed by atoms with Gasteiger partial charge in [-0.25, -0.2) is 4.79 Å². The monoisotopic (exact) mass is 274 g/mol. The fourth-order valence-electron chi connectivity index (χ4n) is 1.43. The number of hydrogen-bond donors (Lipinski definition) is 1. The number of amides is 1. The summed E-state index contributed by atoms with van der Waals surface area (Å²) in [6, 6.07) is -1.27. The first-order chi connectivity index (χ1) is 8.32. The van der Waals surface area contributed by atoms with Crippen molar-refractivity contribution in [3.63, 3.8) is 0 Å². The van der Waals surface area contributed by atoms with Crippen LogP contribution in [0.4, 0.5) is 4.79 Å². The van der Waals surface area contributed by atoms with E-state index in [9.17, 15) is 14.7 Å². The molecule has 0 saturated carbocycles. The highest BCUT2D eigenvalue weighted by Crippen LogP contribution is 2.13. The maximum atomic E-state index is 11.6. The van der Waals surface area contributed by atoms with E-state index in [0.717, 1.165) is 0 Å². The highest BCUT2D eigenvalue weighted by molar-refractivity contribution is 5.79. The Labute approximate surface area is 114 Å². The minimum atomic E-state index is -1.41. The van der Waals surface area contributed by atoms with Crippen LogP contribution < -0.4 is 10.4 Å². The van der Waals surface area contributed by atoms with Gasteiger partial charge in [-0.1, -0.05) is 0 Å². The minimum Gasteiger partial charge on any atom is -0.548 e. The van der Waals surface area contributed by atoms with Gasteiger partial charge in [0.25, 0.3) is 0 Å². The van der Waals surface area contributed by atoms with Crippen molar-refractivity contribution in [3.05, 3.63) is 0 Å². The molecule has 6 nitrogen and oxygen atoms in total. The van der Waals surface area contributed by atoms with Gasteiger partial charge in [-0.15, -0.1) is 0 Å². The van der Waals surface area contributed by atoms with Crippen molar-refractivity contribution in [1.82, 2.24) is 5.32 Å². The van der Waals surface area contributed by atoms with E-state index < -0.39 is 35.4 Å². The van der Waals surface area contributed by atoms with Crippen LogP contribution >= 0.6 is 0 Å². The van der Waals surface area contributed by atoms with Gasteiger partial charge in [0, 0.05) is 0 Å². The second kappa shape index (κ2) is 6.23. The van der Waals surface area contributed by atoms with Gasteiger partial charge in [0.05, 0.1) is 23.7 Å². The molecule has 0 spiro atoms. The van der Waals surface area contributed by atoms with Crippen molar-refractivity contribution in [3.8, 4) is 0 Å². The number of aliphatic carboxylic acids is 1. The van der Waals surface area contributed by atoms with Crippen molar-refractivity contribution in [2.45, 2.75) is 71.8 Å². The van der Waals surface area contributed by atoms with Gasteiger partial charge in [-0.05, 0) is 48.5 Å². The van der Waals surface area contributed by atoms with E-state index in [1.807, 2.05) is 0 Å². The number of carbonyl (C=O) groups excluding carboxylic acids is 2. The predicted octanol–water partition coefficient (Wildman–Crippen LogP) is 0.833. The van der Waals surface area contributed by atoms with Crippen LogP contribution in [0.2, 0.25) is 0 Å². The molecule has 0 aliphatic rings. The molecule has 2 atom stereocenters. The van der Waals surface area contributed by atoms with Gasteiger partial charge in [0.15, 0.2) is 0 Å². The molecule has 0 radical (unpaired) electrons.